The Morgan fingerprint density at radius 1 is 1.10 bits per heavy atom. The Balaban J connectivity index is 2.70. The lowest BCUT2D eigenvalue weighted by atomic mass is 10.2. The van der Waals surface area contributed by atoms with E-state index in [1.807, 2.05) is 24.3 Å². The molecule has 1 aromatic rings. The zero-order valence-corrected chi connectivity index (χ0v) is 12.6. The molecule has 0 aliphatic heterocycles. The maximum absolute atomic E-state index is 12.0. The number of hydrogen-bond acceptors (Lipinski definition) is 5. The van der Waals surface area contributed by atoms with Gasteiger partial charge < -0.3 is 19.1 Å². The molecule has 0 bridgehead atoms. The summed E-state index contributed by atoms with van der Waals surface area (Å²) >= 11 is 0. The molecule has 0 spiro atoms. The Morgan fingerprint density at radius 2 is 1.76 bits per heavy atom. The quantitative estimate of drug-likeness (QED) is 0.675. The van der Waals surface area contributed by atoms with Gasteiger partial charge in [-0.3, -0.25) is 9.59 Å². The second-order valence-electron chi connectivity index (χ2n) is 4.42. The number of esters is 1. The molecule has 0 aliphatic carbocycles. The summed E-state index contributed by atoms with van der Waals surface area (Å²) in [6, 6.07) is 7.41. The van der Waals surface area contributed by atoms with E-state index in [1.165, 1.54) is 14.2 Å². The highest BCUT2D eigenvalue weighted by Crippen LogP contribution is 2.13. The molecule has 0 atom stereocenters. The number of carbonyl (C=O) groups excluding carboxylic acids is 2. The van der Waals surface area contributed by atoms with Gasteiger partial charge in [-0.05, 0) is 17.7 Å². The molecule has 0 saturated carbocycles. The first-order valence-corrected chi connectivity index (χ1v) is 6.57. The topological polar surface area (TPSA) is 65.1 Å². The first kappa shape index (κ1) is 17.0. The standard InChI is InChI=1S/C15H21NO5/c1-19-11-14(17)16(9-8-15(18)21-3)10-12-4-6-13(20-2)7-5-12/h4-7H,8-11H2,1-3H3. The maximum Gasteiger partial charge on any atom is 0.307 e. The third kappa shape index (κ3) is 5.83. The van der Waals surface area contributed by atoms with Crippen LogP contribution in [-0.2, 0) is 25.6 Å². The van der Waals surface area contributed by atoms with Crippen molar-refractivity contribution in [2.45, 2.75) is 13.0 Å². The average molecular weight is 295 g/mol. The molecule has 1 amide bonds. The summed E-state index contributed by atoms with van der Waals surface area (Å²) in [5.74, 6) is 0.236. The summed E-state index contributed by atoms with van der Waals surface area (Å²) in [5, 5.41) is 0. The smallest absolute Gasteiger partial charge is 0.307 e. The molecule has 21 heavy (non-hydrogen) atoms. The first-order valence-electron chi connectivity index (χ1n) is 6.57. The van der Waals surface area contributed by atoms with E-state index in [9.17, 15) is 9.59 Å². The van der Waals surface area contributed by atoms with Crippen molar-refractivity contribution in [1.29, 1.82) is 0 Å². The van der Waals surface area contributed by atoms with Crippen molar-refractivity contribution in [3.05, 3.63) is 29.8 Å². The summed E-state index contributed by atoms with van der Waals surface area (Å²) in [4.78, 5) is 24.8. The van der Waals surface area contributed by atoms with Gasteiger partial charge in [0.25, 0.3) is 0 Å². The molecule has 0 unspecified atom stereocenters. The molecule has 1 rings (SSSR count). The third-order valence-electron chi connectivity index (χ3n) is 2.97. The molecular weight excluding hydrogens is 274 g/mol. The van der Waals surface area contributed by atoms with Gasteiger partial charge in [0.05, 0.1) is 20.6 Å². The maximum atomic E-state index is 12.0. The minimum absolute atomic E-state index is 0.0165. The Labute approximate surface area is 124 Å². The van der Waals surface area contributed by atoms with Crippen LogP contribution in [0.15, 0.2) is 24.3 Å². The fourth-order valence-electron chi connectivity index (χ4n) is 1.79. The van der Waals surface area contributed by atoms with Gasteiger partial charge in [-0.2, -0.15) is 0 Å². The van der Waals surface area contributed by atoms with Gasteiger partial charge >= 0.3 is 5.97 Å². The summed E-state index contributed by atoms with van der Waals surface area (Å²) in [6.07, 6.45) is 0.155. The molecule has 0 radical (unpaired) electrons. The number of ether oxygens (including phenoxy) is 3. The molecule has 116 valence electrons. The summed E-state index contributed by atoms with van der Waals surface area (Å²) < 4.78 is 14.6. The minimum atomic E-state index is -0.347. The van der Waals surface area contributed by atoms with E-state index in [0.717, 1.165) is 11.3 Å². The fraction of sp³-hybridized carbons (Fsp3) is 0.467. The first-order chi connectivity index (χ1) is 10.1. The lowest BCUT2D eigenvalue weighted by Gasteiger charge is -2.22. The van der Waals surface area contributed by atoms with Crippen LogP contribution in [0, 0.1) is 0 Å². The lowest BCUT2D eigenvalue weighted by Crippen LogP contribution is -2.35. The van der Waals surface area contributed by atoms with Crippen LogP contribution in [0.1, 0.15) is 12.0 Å². The van der Waals surface area contributed by atoms with Crippen molar-refractivity contribution in [3.8, 4) is 5.75 Å². The Morgan fingerprint density at radius 3 is 2.29 bits per heavy atom. The zero-order chi connectivity index (χ0) is 15.7. The number of amides is 1. The molecule has 1 aromatic carbocycles. The predicted octanol–water partition coefficient (Wildman–Crippen LogP) is 1.23. The van der Waals surface area contributed by atoms with E-state index in [-0.39, 0.29) is 24.9 Å². The van der Waals surface area contributed by atoms with Crippen LogP contribution in [0.3, 0.4) is 0 Å². The normalized spacial score (nSPS) is 10.0. The van der Waals surface area contributed by atoms with Crippen molar-refractivity contribution in [1.82, 2.24) is 4.90 Å². The number of hydrogen-bond donors (Lipinski definition) is 0. The Bertz CT molecular complexity index is 458. The lowest BCUT2D eigenvalue weighted by molar-refractivity contribution is -0.142. The molecule has 0 fully saturated rings. The molecule has 0 aliphatic rings. The number of nitrogens with zero attached hydrogens (tertiary/aromatic N) is 1. The number of rotatable bonds is 8. The summed E-state index contributed by atoms with van der Waals surface area (Å²) in [5.41, 5.74) is 0.949. The molecular formula is C15H21NO5. The van der Waals surface area contributed by atoms with Gasteiger partial charge in [0.15, 0.2) is 0 Å². The number of methoxy groups -OCH3 is 3. The zero-order valence-electron chi connectivity index (χ0n) is 12.6. The Kier molecular flexibility index (Phi) is 7.25. The highest BCUT2D eigenvalue weighted by molar-refractivity contribution is 5.78. The second-order valence-corrected chi connectivity index (χ2v) is 4.42. The van der Waals surface area contributed by atoms with Crippen LogP contribution in [0.2, 0.25) is 0 Å². The molecule has 0 N–H and O–H groups in total. The van der Waals surface area contributed by atoms with Crippen LogP contribution in [0.4, 0.5) is 0 Å². The largest absolute Gasteiger partial charge is 0.497 e. The van der Waals surface area contributed by atoms with E-state index < -0.39 is 0 Å². The van der Waals surface area contributed by atoms with Crippen molar-refractivity contribution in [3.63, 3.8) is 0 Å². The van der Waals surface area contributed by atoms with Crippen LogP contribution in [-0.4, -0.2) is 51.3 Å². The molecule has 6 heteroatoms. The summed E-state index contributed by atoms with van der Waals surface area (Å²) in [6.45, 7) is 0.682. The highest BCUT2D eigenvalue weighted by Gasteiger charge is 2.15. The molecule has 0 saturated heterocycles. The fourth-order valence-corrected chi connectivity index (χ4v) is 1.79. The van der Waals surface area contributed by atoms with Gasteiger partial charge in [0, 0.05) is 20.2 Å². The van der Waals surface area contributed by atoms with Gasteiger partial charge in [-0.15, -0.1) is 0 Å². The Hall–Kier alpha value is -2.08. The molecule has 6 nitrogen and oxygen atoms in total. The van der Waals surface area contributed by atoms with E-state index >= 15 is 0 Å². The molecule has 0 aromatic heterocycles. The van der Waals surface area contributed by atoms with Gasteiger partial charge in [0.1, 0.15) is 12.4 Å². The van der Waals surface area contributed by atoms with Gasteiger partial charge in [-0.25, -0.2) is 0 Å². The van der Waals surface area contributed by atoms with E-state index in [1.54, 1.807) is 12.0 Å². The van der Waals surface area contributed by atoms with Gasteiger partial charge in [-0.1, -0.05) is 12.1 Å². The average Bonchev–Trinajstić information content (AvgIpc) is 2.51. The van der Waals surface area contributed by atoms with Crippen molar-refractivity contribution < 1.29 is 23.8 Å². The van der Waals surface area contributed by atoms with Crippen molar-refractivity contribution in [2.24, 2.45) is 0 Å². The minimum Gasteiger partial charge on any atom is -0.497 e. The third-order valence-corrected chi connectivity index (χ3v) is 2.97. The monoisotopic (exact) mass is 295 g/mol. The molecule has 0 heterocycles. The van der Waals surface area contributed by atoms with Crippen LogP contribution in [0.25, 0.3) is 0 Å². The predicted molar refractivity (Wildman–Crippen MR) is 76.9 cm³/mol. The van der Waals surface area contributed by atoms with Crippen molar-refractivity contribution >= 4 is 11.9 Å². The van der Waals surface area contributed by atoms with Crippen molar-refractivity contribution in [2.75, 3.05) is 34.5 Å². The number of benzene rings is 1. The highest BCUT2D eigenvalue weighted by atomic mass is 16.5. The van der Waals surface area contributed by atoms with E-state index in [0.29, 0.717) is 13.1 Å². The van der Waals surface area contributed by atoms with E-state index in [4.69, 9.17) is 9.47 Å². The summed E-state index contributed by atoms with van der Waals surface area (Å²) in [7, 11) is 4.39. The van der Waals surface area contributed by atoms with Crippen LogP contribution >= 0.6 is 0 Å². The SMILES string of the molecule is COCC(=O)N(CCC(=O)OC)Cc1ccc(OC)cc1. The van der Waals surface area contributed by atoms with Crippen LogP contribution < -0.4 is 4.74 Å². The second kappa shape index (κ2) is 8.97. The number of carbonyl (C=O) groups is 2. The van der Waals surface area contributed by atoms with E-state index in [2.05, 4.69) is 4.74 Å². The van der Waals surface area contributed by atoms with Gasteiger partial charge in [0.2, 0.25) is 5.91 Å². The van der Waals surface area contributed by atoms with Crippen LogP contribution in [0.5, 0.6) is 5.75 Å².